The zero-order chi connectivity index (χ0) is 16.8. The predicted octanol–water partition coefficient (Wildman–Crippen LogP) is 2.35. The highest BCUT2D eigenvalue weighted by molar-refractivity contribution is 7.99. The highest BCUT2D eigenvalue weighted by Crippen LogP contribution is 2.19. The zero-order valence-electron chi connectivity index (χ0n) is 11.8. The summed E-state index contributed by atoms with van der Waals surface area (Å²) in [5.74, 6) is -0.0995. The van der Waals surface area contributed by atoms with Crippen molar-refractivity contribution in [1.82, 2.24) is 4.98 Å². The van der Waals surface area contributed by atoms with Gasteiger partial charge in [0.25, 0.3) is 5.69 Å². The molecule has 1 aromatic heterocycles. The Labute approximate surface area is 141 Å². The van der Waals surface area contributed by atoms with Crippen LogP contribution in [-0.4, -0.2) is 26.6 Å². The number of thiocarbonyl (C=S) groups is 1. The Morgan fingerprint density at radius 2 is 2.17 bits per heavy atom. The van der Waals surface area contributed by atoms with Gasteiger partial charge in [-0.05, 0) is 18.2 Å². The van der Waals surface area contributed by atoms with Crippen LogP contribution in [0, 0.1) is 10.1 Å². The second kappa shape index (κ2) is 7.65. The van der Waals surface area contributed by atoms with Gasteiger partial charge in [-0.2, -0.15) is 0 Å². The predicted molar refractivity (Wildman–Crippen MR) is 92.6 cm³/mol. The molecule has 2 aromatic rings. The summed E-state index contributed by atoms with van der Waals surface area (Å²) in [7, 11) is 0. The highest BCUT2D eigenvalue weighted by atomic mass is 32.2. The molecule has 1 amide bonds. The van der Waals surface area contributed by atoms with E-state index in [4.69, 9.17) is 18.0 Å². The quantitative estimate of drug-likeness (QED) is 0.357. The van der Waals surface area contributed by atoms with Gasteiger partial charge < -0.3 is 11.1 Å². The van der Waals surface area contributed by atoms with Crippen LogP contribution in [0.25, 0.3) is 0 Å². The maximum Gasteiger partial charge on any atom is 0.287 e. The van der Waals surface area contributed by atoms with Gasteiger partial charge in [-0.1, -0.05) is 36.1 Å². The molecule has 7 nitrogen and oxygen atoms in total. The zero-order valence-corrected chi connectivity index (χ0v) is 13.4. The molecule has 0 bridgehead atoms. The van der Waals surface area contributed by atoms with Crippen molar-refractivity contribution in [3.63, 3.8) is 0 Å². The van der Waals surface area contributed by atoms with Crippen molar-refractivity contribution >= 4 is 46.3 Å². The molecule has 118 valence electrons. The van der Waals surface area contributed by atoms with Crippen molar-refractivity contribution in [3.8, 4) is 0 Å². The topological polar surface area (TPSA) is 111 Å². The summed E-state index contributed by atoms with van der Waals surface area (Å²) in [6.07, 6.45) is 1.16. The van der Waals surface area contributed by atoms with Crippen molar-refractivity contribution in [3.05, 3.63) is 58.3 Å². The number of thioether (sulfide) groups is 1. The standard InChI is InChI=1S/C14H12N4O3S2/c15-14(22)9-2-1-3-10(6-9)17-12(19)8-23-13-5-4-11(7-16-13)18(20)21/h1-7H,8H2,(H2,15,22)(H,17,19). The molecule has 0 fully saturated rings. The fourth-order valence-corrected chi connectivity index (χ4v) is 2.42. The van der Waals surface area contributed by atoms with Crippen molar-refractivity contribution in [2.24, 2.45) is 5.73 Å². The van der Waals surface area contributed by atoms with Gasteiger partial charge in [0.1, 0.15) is 11.2 Å². The molecule has 2 rings (SSSR count). The highest BCUT2D eigenvalue weighted by Gasteiger charge is 2.08. The van der Waals surface area contributed by atoms with Gasteiger partial charge in [0.15, 0.2) is 0 Å². The number of aromatic nitrogens is 1. The van der Waals surface area contributed by atoms with E-state index in [0.717, 1.165) is 6.20 Å². The number of nitrogens with two attached hydrogens (primary N) is 1. The number of nitro groups is 1. The Kier molecular flexibility index (Phi) is 5.61. The second-order valence-corrected chi connectivity index (χ2v) is 5.83. The van der Waals surface area contributed by atoms with Crippen LogP contribution in [-0.2, 0) is 4.79 Å². The van der Waals surface area contributed by atoms with E-state index in [-0.39, 0.29) is 22.3 Å². The number of carbonyl (C=O) groups is 1. The molecule has 0 aliphatic carbocycles. The number of amides is 1. The molecule has 0 atom stereocenters. The monoisotopic (exact) mass is 348 g/mol. The Hall–Kier alpha value is -2.52. The van der Waals surface area contributed by atoms with Crippen LogP contribution in [0.5, 0.6) is 0 Å². The van der Waals surface area contributed by atoms with Gasteiger partial charge in [-0.25, -0.2) is 4.98 Å². The Morgan fingerprint density at radius 1 is 1.39 bits per heavy atom. The van der Waals surface area contributed by atoms with Crippen LogP contribution in [0.3, 0.4) is 0 Å². The molecule has 0 aliphatic rings. The molecule has 0 saturated carbocycles. The fraction of sp³-hybridized carbons (Fsp3) is 0.0714. The first kappa shape index (κ1) is 16.8. The number of hydrogen-bond acceptors (Lipinski definition) is 6. The summed E-state index contributed by atoms with van der Waals surface area (Å²) >= 11 is 6.07. The third-order valence-electron chi connectivity index (χ3n) is 2.71. The first-order chi connectivity index (χ1) is 11.0. The first-order valence-electron chi connectivity index (χ1n) is 6.38. The van der Waals surface area contributed by atoms with Gasteiger partial charge in [0, 0.05) is 17.3 Å². The molecule has 0 spiro atoms. The number of nitrogens with zero attached hydrogens (tertiary/aromatic N) is 2. The first-order valence-corrected chi connectivity index (χ1v) is 7.78. The van der Waals surface area contributed by atoms with Crippen LogP contribution < -0.4 is 11.1 Å². The van der Waals surface area contributed by atoms with E-state index < -0.39 is 4.92 Å². The summed E-state index contributed by atoms with van der Waals surface area (Å²) in [6.45, 7) is 0. The summed E-state index contributed by atoms with van der Waals surface area (Å²) in [5, 5.41) is 13.8. The van der Waals surface area contributed by atoms with Crippen molar-refractivity contribution in [1.29, 1.82) is 0 Å². The number of rotatable bonds is 6. The maximum absolute atomic E-state index is 11.9. The number of benzene rings is 1. The number of hydrogen-bond donors (Lipinski definition) is 2. The van der Waals surface area contributed by atoms with E-state index in [1.54, 1.807) is 24.3 Å². The van der Waals surface area contributed by atoms with Gasteiger partial charge in [0.2, 0.25) is 5.91 Å². The summed E-state index contributed by atoms with van der Waals surface area (Å²) < 4.78 is 0. The molecular weight excluding hydrogens is 336 g/mol. The summed E-state index contributed by atoms with van der Waals surface area (Å²) in [4.78, 5) is 26.1. The molecule has 0 aliphatic heterocycles. The van der Waals surface area contributed by atoms with E-state index in [1.165, 1.54) is 23.9 Å². The number of anilines is 1. The van der Waals surface area contributed by atoms with Crippen molar-refractivity contribution < 1.29 is 9.72 Å². The molecule has 3 N–H and O–H groups in total. The molecule has 1 heterocycles. The lowest BCUT2D eigenvalue weighted by atomic mass is 10.2. The van der Waals surface area contributed by atoms with Crippen LogP contribution >= 0.6 is 24.0 Å². The van der Waals surface area contributed by atoms with Gasteiger partial charge >= 0.3 is 0 Å². The van der Waals surface area contributed by atoms with Crippen LogP contribution in [0.2, 0.25) is 0 Å². The summed E-state index contributed by atoms with van der Waals surface area (Å²) in [6, 6.07) is 9.77. The van der Waals surface area contributed by atoms with Crippen LogP contribution in [0.4, 0.5) is 11.4 Å². The lowest BCUT2D eigenvalue weighted by Gasteiger charge is -2.06. The molecular formula is C14H12N4O3S2. The van der Waals surface area contributed by atoms with Crippen LogP contribution in [0.1, 0.15) is 5.56 Å². The Bertz CT molecular complexity index is 750. The largest absolute Gasteiger partial charge is 0.389 e. The molecule has 0 radical (unpaired) electrons. The molecule has 9 heteroatoms. The molecule has 1 aromatic carbocycles. The van der Waals surface area contributed by atoms with E-state index in [1.807, 2.05) is 0 Å². The smallest absolute Gasteiger partial charge is 0.287 e. The Balaban J connectivity index is 1.91. The minimum atomic E-state index is -0.525. The minimum absolute atomic E-state index is 0.0895. The van der Waals surface area contributed by atoms with Gasteiger partial charge in [-0.15, -0.1) is 0 Å². The second-order valence-electron chi connectivity index (χ2n) is 4.39. The Morgan fingerprint density at radius 3 is 2.78 bits per heavy atom. The molecule has 23 heavy (non-hydrogen) atoms. The third kappa shape index (κ3) is 5.01. The van der Waals surface area contributed by atoms with E-state index >= 15 is 0 Å². The van der Waals surface area contributed by atoms with Crippen molar-refractivity contribution in [2.45, 2.75) is 5.03 Å². The van der Waals surface area contributed by atoms with E-state index in [9.17, 15) is 14.9 Å². The third-order valence-corrected chi connectivity index (χ3v) is 3.89. The number of pyridine rings is 1. The fourth-order valence-electron chi connectivity index (χ4n) is 1.65. The van der Waals surface area contributed by atoms with E-state index in [2.05, 4.69) is 10.3 Å². The molecule has 0 saturated heterocycles. The van der Waals surface area contributed by atoms with Crippen LogP contribution in [0.15, 0.2) is 47.6 Å². The molecule has 0 unspecified atom stereocenters. The minimum Gasteiger partial charge on any atom is -0.389 e. The average Bonchev–Trinajstić information content (AvgIpc) is 2.53. The lowest BCUT2D eigenvalue weighted by Crippen LogP contribution is -2.15. The van der Waals surface area contributed by atoms with E-state index in [0.29, 0.717) is 16.3 Å². The van der Waals surface area contributed by atoms with Gasteiger partial charge in [-0.3, -0.25) is 14.9 Å². The van der Waals surface area contributed by atoms with Gasteiger partial charge in [0.05, 0.1) is 15.7 Å². The summed E-state index contributed by atoms with van der Waals surface area (Å²) in [5.41, 5.74) is 6.71. The number of nitrogens with one attached hydrogen (secondary N) is 1. The lowest BCUT2D eigenvalue weighted by molar-refractivity contribution is -0.385. The normalized spacial score (nSPS) is 10.1. The maximum atomic E-state index is 11.9. The van der Waals surface area contributed by atoms with Crippen molar-refractivity contribution in [2.75, 3.05) is 11.1 Å². The number of carbonyl (C=O) groups excluding carboxylic acids is 1. The SMILES string of the molecule is NC(=S)c1cccc(NC(=O)CSc2ccc([N+](=O)[O-])cn2)c1. The average molecular weight is 348 g/mol.